The summed E-state index contributed by atoms with van der Waals surface area (Å²) in [6.45, 7) is 2.33. The van der Waals surface area contributed by atoms with Crippen LogP contribution in [0.3, 0.4) is 0 Å². The van der Waals surface area contributed by atoms with Crippen LogP contribution in [0.15, 0.2) is 42.5 Å². The van der Waals surface area contributed by atoms with Gasteiger partial charge in [-0.1, -0.05) is 13.0 Å². The largest absolute Gasteiger partial charge is 0.493 e. The zero-order valence-corrected chi connectivity index (χ0v) is 15.3. The lowest BCUT2D eigenvalue weighted by atomic mass is 10.1. The van der Waals surface area contributed by atoms with Crippen molar-refractivity contribution in [3.8, 4) is 17.2 Å². The highest BCUT2D eigenvalue weighted by Crippen LogP contribution is 2.27. The van der Waals surface area contributed by atoms with E-state index in [1.807, 2.05) is 25.1 Å². The maximum absolute atomic E-state index is 12.9. The van der Waals surface area contributed by atoms with E-state index < -0.39 is 6.10 Å². The molecule has 0 bridgehead atoms. The van der Waals surface area contributed by atoms with Crippen LogP contribution in [0, 0.1) is 5.82 Å². The Morgan fingerprint density at radius 1 is 1.08 bits per heavy atom. The molecule has 2 aromatic carbocycles. The van der Waals surface area contributed by atoms with Gasteiger partial charge in [-0.3, -0.25) is 4.79 Å². The normalized spacial score (nSPS) is 11.5. The second-order valence-electron chi connectivity index (χ2n) is 5.70. The quantitative estimate of drug-likeness (QED) is 0.744. The van der Waals surface area contributed by atoms with Gasteiger partial charge in [-0.2, -0.15) is 0 Å². The first-order valence-corrected chi connectivity index (χ1v) is 8.48. The van der Waals surface area contributed by atoms with Crippen LogP contribution in [0.5, 0.6) is 17.2 Å². The molecule has 0 saturated carbocycles. The van der Waals surface area contributed by atoms with Crippen LogP contribution in [-0.4, -0.2) is 32.8 Å². The standard InChI is InChI=1S/C20H24FNO4/c1-4-17(26-16-8-6-15(21)7-9-16)20(23)22-12-11-14-5-10-18(24-2)19(13-14)25-3/h5-10,13,17H,4,11-12H2,1-3H3,(H,22,23). The molecule has 1 N–H and O–H groups in total. The predicted molar refractivity (Wildman–Crippen MR) is 97.4 cm³/mol. The van der Waals surface area contributed by atoms with Gasteiger partial charge in [-0.15, -0.1) is 0 Å². The van der Waals surface area contributed by atoms with Crippen LogP contribution in [0.2, 0.25) is 0 Å². The fourth-order valence-corrected chi connectivity index (χ4v) is 2.48. The first kappa shape index (κ1) is 19.6. The van der Waals surface area contributed by atoms with Crippen LogP contribution in [0.1, 0.15) is 18.9 Å². The third-order valence-corrected chi connectivity index (χ3v) is 3.92. The Bertz CT molecular complexity index is 718. The Balaban J connectivity index is 1.87. The third kappa shape index (κ3) is 5.37. The van der Waals surface area contributed by atoms with Gasteiger partial charge in [0.05, 0.1) is 14.2 Å². The number of ether oxygens (including phenoxy) is 3. The van der Waals surface area contributed by atoms with Crippen molar-refractivity contribution >= 4 is 5.91 Å². The van der Waals surface area contributed by atoms with Crippen molar-refractivity contribution in [3.63, 3.8) is 0 Å². The van der Waals surface area contributed by atoms with Crippen LogP contribution in [-0.2, 0) is 11.2 Å². The van der Waals surface area contributed by atoms with E-state index in [-0.39, 0.29) is 11.7 Å². The van der Waals surface area contributed by atoms with E-state index in [0.29, 0.717) is 36.6 Å². The number of carbonyl (C=O) groups excluding carboxylic acids is 1. The zero-order chi connectivity index (χ0) is 18.9. The van der Waals surface area contributed by atoms with Crippen LogP contribution in [0.4, 0.5) is 4.39 Å². The molecule has 0 aliphatic heterocycles. The molecule has 0 aliphatic rings. The molecule has 1 atom stereocenters. The summed E-state index contributed by atoms with van der Waals surface area (Å²) in [5.41, 5.74) is 1.02. The molecular formula is C20H24FNO4. The lowest BCUT2D eigenvalue weighted by Gasteiger charge is -2.17. The molecule has 1 unspecified atom stereocenters. The van der Waals surface area contributed by atoms with E-state index in [1.54, 1.807) is 14.2 Å². The Hall–Kier alpha value is -2.76. The number of amides is 1. The molecule has 0 saturated heterocycles. The lowest BCUT2D eigenvalue weighted by Crippen LogP contribution is -2.38. The summed E-state index contributed by atoms with van der Waals surface area (Å²) in [6.07, 6.45) is 0.546. The molecule has 0 radical (unpaired) electrons. The van der Waals surface area contributed by atoms with Gasteiger partial charge in [0, 0.05) is 6.54 Å². The molecular weight excluding hydrogens is 337 g/mol. The van der Waals surface area contributed by atoms with Crippen molar-refractivity contribution in [3.05, 3.63) is 53.8 Å². The number of nitrogens with one attached hydrogen (secondary N) is 1. The van der Waals surface area contributed by atoms with E-state index in [1.165, 1.54) is 24.3 Å². The maximum atomic E-state index is 12.9. The van der Waals surface area contributed by atoms with Gasteiger partial charge in [-0.25, -0.2) is 4.39 Å². The van der Waals surface area contributed by atoms with Crippen molar-refractivity contribution in [2.45, 2.75) is 25.9 Å². The Morgan fingerprint density at radius 3 is 2.38 bits per heavy atom. The SMILES string of the molecule is CCC(Oc1ccc(F)cc1)C(=O)NCCc1ccc(OC)c(OC)c1. The van der Waals surface area contributed by atoms with Gasteiger partial charge >= 0.3 is 0 Å². The number of halogens is 1. The summed E-state index contributed by atoms with van der Waals surface area (Å²) in [5, 5.41) is 2.87. The summed E-state index contributed by atoms with van der Waals surface area (Å²) in [5.74, 6) is 1.25. The van der Waals surface area contributed by atoms with Crippen molar-refractivity contribution in [2.24, 2.45) is 0 Å². The maximum Gasteiger partial charge on any atom is 0.261 e. The molecule has 5 nitrogen and oxygen atoms in total. The van der Waals surface area contributed by atoms with Gasteiger partial charge in [0.2, 0.25) is 0 Å². The van der Waals surface area contributed by atoms with Gasteiger partial charge < -0.3 is 19.5 Å². The first-order chi connectivity index (χ1) is 12.6. The topological polar surface area (TPSA) is 56.8 Å². The number of methoxy groups -OCH3 is 2. The van der Waals surface area contributed by atoms with E-state index in [0.717, 1.165) is 5.56 Å². The lowest BCUT2D eigenvalue weighted by molar-refractivity contribution is -0.128. The van der Waals surface area contributed by atoms with Crippen molar-refractivity contribution in [1.29, 1.82) is 0 Å². The second-order valence-corrected chi connectivity index (χ2v) is 5.70. The summed E-state index contributed by atoms with van der Waals surface area (Å²) in [4.78, 5) is 12.3. The zero-order valence-electron chi connectivity index (χ0n) is 15.3. The van der Waals surface area contributed by atoms with E-state index >= 15 is 0 Å². The molecule has 0 spiro atoms. The molecule has 1 amide bonds. The predicted octanol–water partition coefficient (Wildman–Crippen LogP) is 3.36. The van der Waals surface area contributed by atoms with E-state index in [4.69, 9.17) is 14.2 Å². The number of carbonyl (C=O) groups is 1. The molecule has 2 aromatic rings. The minimum absolute atomic E-state index is 0.197. The Labute approximate surface area is 153 Å². The van der Waals surface area contributed by atoms with Gasteiger partial charge in [0.1, 0.15) is 11.6 Å². The van der Waals surface area contributed by atoms with E-state index in [9.17, 15) is 9.18 Å². The first-order valence-electron chi connectivity index (χ1n) is 8.48. The fourth-order valence-electron chi connectivity index (χ4n) is 2.48. The number of rotatable bonds is 9. The summed E-state index contributed by atoms with van der Waals surface area (Å²) in [7, 11) is 3.17. The highest BCUT2D eigenvalue weighted by atomic mass is 19.1. The molecule has 6 heteroatoms. The average Bonchev–Trinajstić information content (AvgIpc) is 2.67. The van der Waals surface area contributed by atoms with Gasteiger partial charge in [0.25, 0.3) is 5.91 Å². The second kappa shape index (κ2) is 9.65. The molecule has 0 aliphatic carbocycles. The number of hydrogen-bond donors (Lipinski definition) is 1. The number of hydrogen-bond acceptors (Lipinski definition) is 4. The Kier molecular flexibility index (Phi) is 7.26. The minimum atomic E-state index is -0.620. The van der Waals surface area contributed by atoms with Crippen LogP contribution in [0.25, 0.3) is 0 Å². The molecule has 0 heterocycles. The minimum Gasteiger partial charge on any atom is -0.493 e. The summed E-state index contributed by atoms with van der Waals surface area (Å²) < 4.78 is 29.1. The third-order valence-electron chi connectivity index (χ3n) is 3.92. The molecule has 0 fully saturated rings. The van der Waals surface area contributed by atoms with Crippen LogP contribution < -0.4 is 19.5 Å². The summed E-state index contributed by atoms with van der Waals surface area (Å²) >= 11 is 0. The van der Waals surface area contributed by atoms with E-state index in [2.05, 4.69) is 5.32 Å². The van der Waals surface area contributed by atoms with Crippen molar-refractivity contribution in [2.75, 3.05) is 20.8 Å². The molecule has 2 rings (SSSR count). The van der Waals surface area contributed by atoms with Gasteiger partial charge in [0.15, 0.2) is 17.6 Å². The summed E-state index contributed by atoms with van der Waals surface area (Å²) in [6, 6.07) is 11.3. The van der Waals surface area contributed by atoms with Gasteiger partial charge in [-0.05, 0) is 54.8 Å². The molecule has 0 aromatic heterocycles. The highest BCUT2D eigenvalue weighted by Gasteiger charge is 2.18. The average molecular weight is 361 g/mol. The molecule has 140 valence electrons. The van der Waals surface area contributed by atoms with Crippen molar-refractivity contribution < 1.29 is 23.4 Å². The Morgan fingerprint density at radius 2 is 1.77 bits per heavy atom. The monoisotopic (exact) mass is 361 g/mol. The van der Waals surface area contributed by atoms with Crippen molar-refractivity contribution in [1.82, 2.24) is 5.32 Å². The smallest absolute Gasteiger partial charge is 0.261 e. The highest BCUT2D eigenvalue weighted by molar-refractivity contribution is 5.81. The molecule has 26 heavy (non-hydrogen) atoms. The van der Waals surface area contributed by atoms with Crippen LogP contribution >= 0.6 is 0 Å². The fraction of sp³-hybridized carbons (Fsp3) is 0.350. The number of benzene rings is 2.